The van der Waals surface area contributed by atoms with Crippen molar-refractivity contribution in [3.8, 4) is 5.75 Å². The number of methoxy groups -OCH3 is 1. The van der Waals surface area contributed by atoms with Crippen LogP contribution in [0.3, 0.4) is 0 Å². The zero-order valence-corrected chi connectivity index (χ0v) is 19.6. The molecule has 6 nitrogen and oxygen atoms in total. The summed E-state index contributed by atoms with van der Waals surface area (Å²) in [6.45, 7) is 0.302. The number of hydrogen-bond acceptors (Lipinski definition) is 6. The summed E-state index contributed by atoms with van der Waals surface area (Å²) in [5.41, 5.74) is 2.13. The lowest BCUT2D eigenvalue weighted by atomic mass is 10.2. The molecule has 0 aliphatic heterocycles. The molecule has 0 radical (unpaired) electrons. The van der Waals surface area contributed by atoms with Crippen molar-refractivity contribution in [2.24, 2.45) is 0 Å². The monoisotopic (exact) mass is 520 g/mol. The Hall–Kier alpha value is -2.68. The van der Waals surface area contributed by atoms with Gasteiger partial charge in [0.15, 0.2) is 5.13 Å². The van der Waals surface area contributed by atoms with E-state index in [1.165, 1.54) is 24.5 Å². The number of hydrogen-bond donors (Lipinski definition) is 1. The van der Waals surface area contributed by atoms with Crippen LogP contribution in [-0.4, -0.2) is 24.0 Å². The quantitative estimate of drug-likeness (QED) is 0.313. The van der Waals surface area contributed by atoms with E-state index in [2.05, 4.69) is 31.0 Å². The first-order chi connectivity index (χ1) is 14.9. The molecule has 1 N–H and O–H groups in total. The Morgan fingerprint density at radius 3 is 2.84 bits per heavy atom. The van der Waals surface area contributed by atoms with Crippen molar-refractivity contribution in [3.63, 3.8) is 0 Å². The van der Waals surface area contributed by atoms with Gasteiger partial charge in [-0.25, -0.2) is 4.98 Å². The Morgan fingerprint density at radius 1 is 1.26 bits per heavy atom. The highest BCUT2D eigenvalue weighted by molar-refractivity contribution is 9.10. The lowest BCUT2D eigenvalue weighted by molar-refractivity contribution is -0.139. The molecular formula is C22H18BrClN2O4S. The third kappa shape index (κ3) is 6.92. The Labute approximate surface area is 197 Å². The molecule has 0 unspecified atom stereocenters. The predicted octanol–water partition coefficient (Wildman–Crippen LogP) is 5.51. The molecule has 0 aliphatic rings. The SMILES string of the molecule is COC(=O)Cc1csc(NC(=O)/C=C/c2cc(Br)ccc2OCc2ccccc2Cl)n1. The van der Waals surface area contributed by atoms with E-state index in [0.717, 1.165) is 15.6 Å². The number of thiazole rings is 1. The molecule has 0 saturated heterocycles. The van der Waals surface area contributed by atoms with E-state index < -0.39 is 0 Å². The first-order valence-electron chi connectivity index (χ1n) is 9.10. The van der Waals surface area contributed by atoms with Gasteiger partial charge in [-0.15, -0.1) is 11.3 Å². The van der Waals surface area contributed by atoms with Crippen LogP contribution in [0, 0.1) is 0 Å². The lowest BCUT2D eigenvalue weighted by Crippen LogP contribution is -2.08. The van der Waals surface area contributed by atoms with Crippen LogP contribution in [0.4, 0.5) is 5.13 Å². The molecular weight excluding hydrogens is 504 g/mol. The molecule has 0 saturated carbocycles. The van der Waals surface area contributed by atoms with E-state index >= 15 is 0 Å². The number of nitrogens with one attached hydrogen (secondary N) is 1. The van der Waals surface area contributed by atoms with Crippen LogP contribution in [0.25, 0.3) is 6.08 Å². The molecule has 0 atom stereocenters. The number of carbonyl (C=O) groups excluding carboxylic acids is 2. The van der Waals surface area contributed by atoms with Crippen LogP contribution >= 0.6 is 38.9 Å². The van der Waals surface area contributed by atoms with Gasteiger partial charge in [-0.05, 0) is 30.3 Å². The minimum Gasteiger partial charge on any atom is -0.488 e. The number of halogens is 2. The van der Waals surface area contributed by atoms with E-state index in [-0.39, 0.29) is 18.3 Å². The Morgan fingerprint density at radius 2 is 2.06 bits per heavy atom. The maximum atomic E-state index is 12.3. The van der Waals surface area contributed by atoms with Crippen molar-refractivity contribution in [2.75, 3.05) is 12.4 Å². The first kappa shape index (κ1) is 23.0. The third-order valence-corrected chi connectivity index (χ3v) is 5.73. The average molecular weight is 522 g/mol. The molecule has 31 heavy (non-hydrogen) atoms. The van der Waals surface area contributed by atoms with Crippen LogP contribution in [0.15, 0.2) is 58.4 Å². The number of esters is 1. The number of aromatic nitrogens is 1. The predicted molar refractivity (Wildman–Crippen MR) is 125 cm³/mol. The van der Waals surface area contributed by atoms with Gasteiger partial charge >= 0.3 is 5.97 Å². The van der Waals surface area contributed by atoms with Crippen molar-refractivity contribution in [1.82, 2.24) is 4.98 Å². The summed E-state index contributed by atoms with van der Waals surface area (Å²) in [6, 6.07) is 13.0. The fraction of sp³-hybridized carbons (Fsp3) is 0.136. The molecule has 1 aromatic heterocycles. The summed E-state index contributed by atoms with van der Waals surface area (Å²) >= 11 is 10.9. The zero-order valence-electron chi connectivity index (χ0n) is 16.4. The highest BCUT2D eigenvalue weighted by Crippen LogP contribution is 2.26. The molecule has 0 aliphatic carbocycles. The number of nitrogens with zero attached hydrogens (tertiary/aromatic N) is 1. The highest BCUT2D eigenvalue weighted by atomic mass is 79.9. The number of rotatable bonds is 8. The van der Waals surface area contributed by atoms with Gasteiger partial charge < -0.3 is 9.47 Å². The second kappa shape index (κ2) is 11.1. The topological polar surface area (TPSA) is 77.5 Å². The number of anilines is 1. The van der Waals surface area contributed by atoms with Crippen molar-refractivity contribution in [2.45, 2.75) is 13.0 Å². The van der Waals surface area contributed by atoms with Gasteiger partial charge in [-0.2, -0.15) is 0 Å². The summed E-state index contributed by atoms with van der Waals surface area (Å²) in [7, 11) is 1.32. The van der Waals surface area contributed by atoms with E-state index in [4.69, 9.17) is 16.3 Å². The molecule has 2 aromatic carbocycles. The molecule has 0 fully saturated rings. The molecule has 1 heterocycles. The van der Waals surface area contributed by atoms with E-state index in [0.29, 0.717) is 28.2 Å². The van der Waals surface area contributed by atoms with E-state index in [1.54, 1.807) is 11.5 Å². The zero-order chi connectivity index (χ0) is 22.2. The number of carbonyl (C=O) groups is 2. The molecule has 0 bridgehead atoms. The van der Waals surface area contributed by atoms with Crippen molar-refractivity contribution < 1.29 is 19.1 Å². The van der Waals surface area contributed by atoms with Crippen molar-refractivity contribution >= 4 is 62.0 Å². The number of ether oxygens (including phenoxy) is 2. The Bertz CT molecular complexity index is 1120. The van der Waals surface area contributed by atoms with E-state index in [1.807, 2.05) is 42.5 Å². The van der Waals surface area contributed by atoms with Gasteiger partial charge in [0.25, 0.3) is 0 Å². The van der Waals surface area contributed by atoms with Crippen LogP contribution < -0.4 is 10.1 Å². The summed E-state index contributed by atoms with van der Waals surface area (Å²) in [5.74, 6) is -0.125. The van der Waals surface area contributed by atoms with Gasteiger partial charge in [0.2, 0.25) is 5.91 Å². The smallest absolute Gasteiger partial charge is 0.311 e. The second-order valence-corrected chi connectivity index (χ2v) is 8.46. The lowest BCUT2D eigenvalue weighted by Gasteiger charge is -2.11. The summed E-state index contributed by atoms with van der Waals surface area (Å²) < 4.78 is 11.4. The fourth-order valence-corrected chi connectivity index (χ4v) is 3.81. The Balaban J connectivity index is 1.65. The Kier molecular flexibility index (Phi) is 8.22. The molecule has 3 rings (SSSR count). The molecule has 3 aromatic rings. The van der Waals surface area contributed by atoms with Crippen LogP contribution in [0.1, 0.15) is 16.8 Å². The standard InChI is InChI=1S/C22H18BrClN2O4S/c1-29-21(28)11-17-13-31-22(25-17)26-20(27)9-6-14-10-16(23)7-8-19(14)30-12-15-4-2-3-5-18(15)24/h2-10,13H,11-12H2,1H3,(H,25,26,27)/b9-6+. The average Bonchev–Trinajstić information content (AvgIpc) is 3.19. The maximum absolute atomic E-state index is 12.3. The largest absolute Gasteiger partial charge is 0.488 e. The van der Waals surface area contributed by atoms with Gasteiger partial charge in [0.1, 0.15) is 12.4 Å². The molecule has 160 valence electrons. The summed E-state index contributed by atoms with van der Waals surface area (Å²) in [6.07, 6.45) is 3.11. The second-order valence-electron chi connectivity index (χ2n) is 6.28. The highest BCUT2D eigenvalue weighted by Gasteiger charge is 2.10. The molecule has 0 spiro atoms. The van der Waals surface area contributed by atoms with Gasteiger partial charge in [-0.1, -0.05) is 45.7 Å². The van der Waals surface area contributed by atoms with E-state index in [9.17, 15) is 9.59 Å². The third-order valence-electron chi connectivity index (χ3n) is 4.06. The number of benzene rings is 2. The fourth-order valence-electron chi connectivity index (χ4n) is 2.53. The minimum absolute atomic E-state index is 0.0584. The minimum atomic E-state index is -0.387. The van der Waals surface area contributed by atoms with Crippen LogP contribution in [0.2, 0.25) is 5.02 Å². The summed E-state index contributed by atoms with van der Waals surface area (Å²) in [5, 5.41) is 5.41. The van der Waals surface area contributed by atoms with Crippen LogP contribution in [-0.2, 0) is 27.4 Å². The summed E-state index contributed by atoms with van der Waals surface area (Å²) in [4.78, 5) is 27.8. The van der Waals surface area contributed by atoms with Crippen molar-refractivity contribution in [3.05, 3.63) is 80.2 Å². The van der Waals surface area contributed by atoms with Gasteiger partial charge in [-0.3, -0.25) is 14.9 Å². The number of amides is 1. The van der Waals surface area contributed by atoms with Crippen molar-refractivity contribution in [1.29, 1.82) is 0 Å². The van der Waals surface area contributed by atoms with Gasteiger partial charge in [0, 0.05) is 32.1 Å². The normalized spacial score (nSPS) is 10.8. The van der Waals surface area contributed by atoms with Gasteiger partial charge in [0.05, 0.1) is 19.2 Å². The molecule has 9 heteroatoms. The maximum Gasteiger partial charge on any atom is 0.311 e. The molecule has 1 amide bonds. The first-order valence-corrected chi connectivity index (χ1v) is 11.2. The van der Waals surface area contributed by atoms with Crippen LogP contribution in [0.5, 0.6) is 5.75 Å².